The molecule has 214 valence electrons. The van der Waals surface area contributed by atoms with Gasteiger partial charge in [0.15, 0.2) is 10.8 Å². The number of hydrogen-bond donors (Lipinski definition) is 2. The van der Waals surface area contributed by atoms with Crippen molar-refractivity contribution >= 4 is 29.1 Å². The predicted molar refractivity (Wildman–Crippen MR) is 148 cm³/mol. The number of fused-ring (bicyclic) bond motifs is 1. The Balaban J connectivity index is 1.50. The third-order valence-corrected chi connectivity index (χ3v) is 8.60. The number of ether oxygens (including phenoxy) is 2. The first-order chi connectivity index (χ1) is 19.1. The van der Waals surface area contributed by atoms with Crippen LogP contribution in [-0.2, 0) is 19.1 Å². The number of amidine groups is 1. The minimum absolute atomic E-state index is 0.00285. The fraction of sp³-hybridized carbons (Fsp3) is 0.500. The molecule has 10 nitrogen and oxygen atoms in total. The number of aliphatic carboxylic acids is 1. The highest BCUT2D eigenvalue weighted by molar-refractivity contribution is 7.11. The van der Waals surface area contributed by atoms with Gasteiger partial charge in [0.1, 0.15) is 11.9 Å². The quantitative estimate of drug-likeness (QED) is 0.461. The molecule has 3 atom stereocenters. The molecule has 3 aliphatic heterocycles. The zero-order valence-electron chi connectivity index (χ0n) is 23.0. The molecule has 2 N–H and O–H groups in total. The van der Waals surface area contributed by atoms with E-state index < -0.39 is 23.4 Å². The molecule has 0 bridgehead atoms. The third-order valence-electron chi connectivity index (χ3n) is 7.82. The zero-order chi connectivity index (χ0) is 28.6. The number of hydrogen-bond acceptors (Lipinski definition) is 10. The van der Waals surface area contributed by atoms with Crippen LogP contribution in [0.5, 0.6) is 0 Å². The molecule has 4 heterocycles. The average molecular weight is 572 g/mol. The molecule has 0 unspecified atom stereocenters. The van der Waals surface area contributed by atoms with Gasteiger partial charge in [-0.15, -0.1) is 11.3 Å². The molecule has 12 heteroatoms. The number of methoxy groups -OCH3 is 1. The van der Waals surface area contributed by atoms with E-state index in [9.17, 15) is 19.1 Å². The monoisotopic (exact) mass is 571 g/mol. The van der Waals surface area contributed by atoms with Crippen LogP contribution in [0.2, 0.25) is 0 Å². The molecule has 1 aromatic carbocycles. The van der Waals surface area contributed by atoms with Crippen LogP contribution in [0.15, 0.2) is 46.0 Å². The van der Waals surface area contributed by atoms with Gasteiger partial charge < -0.3 is 19.9 Å². The van der Waals surface area contributed by atoms with Gasteiger partial charge in [-0.05, 0) is 38.0 Å². The standard InChI is InChI=1S/C28H34FN5O5S/c1-16-17(6-5-7-18(16)29)23-22(26(35)38-4)19(31-24(32-23)25-30-8-11-40-25)12-34-9-10-39-21-14-33(13-20(21)34)15-28(2,3)27(36)37/h5-8,11,20-21,23H,9-10,12-15H2,1-4H3,(H,31,32)(H,36,37)/t20-,21+,23+/m1/s1. The second kappa shape index (κ2) is 11.4. The lowest BCUT2D eigenvalue weighted by atomic mass is 9.92. The number of nitrogens with zero attached hydrogens (tertiary/aromatic N) is 4. The van der Waals surface area contributed by atoms with E-state index in [4.69, 9.17) is 14.5 Å². The molecule has 0 amide bonds. The molecule has 2 fully saturated rings. The molecule has 1 aromatic heterocycles. The maximum absolute atomic E-state index is 14.7. The maximum Gasteiger partial charge on any atom is 0.338 e. The summed E-state index contributed by atoms with van der Waals surface area (Å²) < 4.78 is 26.0. The fourth-order valence-electron chi connectivity index (χ4n) is 5.65. The van der Waals surface area contributed by atoms with E-state index in [-0.39, 0.29) is 18.0 Å². The highest BCUT2D eigenvalue weighted by atomic mass is 32.1. The van der Waals surface area contributed by atoms with E-state index >= 15 is 0 Å². The Bertz CT molecular complexity index is 1340. The summed E-state index contributed by atoms with van der Waals surface area (Å²) in [5.41, 5.74) is 1.04. The highest BCUT2D eigenvalue weighted by Gasteiger charge is 2.44. The van der Waals surface area contributed by atoms with Crippen LogP contribution in [-0.4, -0.2) is 96.3 Å². The van der Waals surface area contributed by atoms with Gasteiger partial charge in [0, 0.05) is 50.0 Å². The van der Waals surface area contributed by atoms with Crippen molar-refractivity contribution in [2.45, 2.75) is 39.0 Å². The molecular formula is C28H34FN5O5S. The van der Waals surface area contributed by atoms with Crippen molar-refractivity contribution in [1.29, 1.82) is 0 Å². The minimum atomic E-state index is -0.890. The second-order valence-corrected chi connectivity index (χ2v) is 11.9. The number of benzene rings is 1. The normalized spacial score (nSPS) is 23.9. The Labute approximate surface area is 236 Å². The third kappa shape index (κ3) is 5.53. The number of halogens is 1. The van der Waals surface area contributed by atoms with E-state index in [0.717, 1.165) is 0 Å². The molecule has 0 saturated carbocycles. The molecule has 40 heavy (non-hydrogen) atoms. The van der Waals surface area contributed by atoms with Gasteiger partial charge in [0.25, 0.3) is 0 Å². The smallest absolute Gasteiger partial charge is 0.338 e. The lowest BCUT2D eigenvalue weighted by Crippen LogP contribution is -2.53. The number of morpholine rings is 1. The Hall–Kier alpha value is -3.19. The van der Waals surface area contributed by atoms with Crippen molar-refractivity contribution in [2.75, 3.05) is 46.4 Å². The molecule has 3 aliphatic rings. The molecule has 0 spiro atoms. The van der Waals surface area contributed by atoms with Crippen LogP contribution >= 0.6 is 11.3 Å². The van der Waals surface area contributed by atoms with E-state index in [1.54, 1.807) is 39.1 Å². The Kier molecular flexibility index (Phi) is 8.05. The molecule has 0 radical (unpaired) electrons. The summed E-state index contributed by atoms with van der Waals surface area (Å²) in [7, 11) is 1.33. The summed E-state index contributed by atoms with van der Waals surface area (Å²) in [6.45, 7) is 8.32. The van der Waals surface area contributed by atoms with Crippen molar-refractivity contribution < 1.29 is 28.6 Å². The second-order valence-electron chi connectivity index (χ2n) is 11.0. The van der Waals surface area contributed by atoms with Crippen LogP contribution in [0.25, 0.3) is 0 Å². The number of likely N-dealkylation sites (tertiary alicyclic amines) is 1. The number of esters is 1. The van der Waals surface area contributed by atoms with Gasteiger partial charge in [0.05, 0.1) is 36.9 Å². The highest BCUT2D eigenvalue weighted by Crippen LogP contribution is 2.36. The number of nitrogens with one attached hydrogen (secondary N) is 1. The van der Waals surface area contributed by atoms with Crippen molar-refractivity contribution in [3.8, 4) is 0 Å². The first-order valence-corrected chi connectivity index (χ1v) is 14.1. The number of thiazole rings is 1. The van der Waals surface area contributed by atoms with Gasteiger partial charge in [-0.1, -0.05) is 12.1 Å². The lowest BCUT2D eigenvalue weighted by Gasteiger charge is -2.38. The Morgan fingerprint density at radius 3 is 2.83 bits per heavy atom. The topological polar surface area (TPSA) is 117 Å². The summed E-state index contributed by atoms with van der Waals surface area (Å²) in [6.07, 6.45) is 1.60. The number of aliphatic imine (C=N–C) groups is 1. The van der Waals surface area contributed by atoms with Gasteiger partial charge in [0.2, 0.25) is 0 Å². The molecule has 5 rings (SSSR count). The summed E-state index contributed by atoms with van der Waals surface area (Å²) in [5, 5.41) is 15.5. The fourth-order valence-corrected chi connectivity index (χ4v) is 6.24. The van der Waals surface area contributed by atoms with Crippen LogP contribution in [0.4, 0.5) is 4.39 Å². The van der Waals surface area contributed by atoms with Crippen LogP contribution < -0.4 is 5.32 Å². The van der Waals surface area contributed by atoms with Gasteiger partial charge in [-0.3, -0.25) is 19.6 Å². The van der Waals surface area contributed by atoms with E-state index in [1.165, 1.54) is 24.5 Å². The zero-order valence-corrected chi connectivity index (χ0v) is 23.8. The van der Waals surface area contributed by atoms with Crippen molar-refractivity contribution in [3.63, 3.8) is 0 Å². The molecule has 0 aliphatic carbocycles. The van der Waals surface area contributed by atoms with Crippen LogP contribution in [0, 0.1) is 18.2 Å². The van der Waals surface area contributed by atoms with Crippen molar-refractivity contribution in [3.05, 3.63) is 63.0 Å². The van der Waals surface area contributed by atoms with Crippen molar-refractivity contribution in [2.24, 2.45) is 10.4 Å². The predicted octanol–water partition coefficient (Wildman–Crippen LogP) is 2.60. The van der Waals surface area contributed by atoms with Gasteiger partial charge in [-0.2, -0.15) is 0 Å². The van der Waals surface area contributed by atoms with E-state index in [1.807, 2.05) is 5.38 Å². The van der Waals surface area contributed by atoms with Crippen LogP contribution in [0.3, 0.4) is 0 Å². The van der Waals surface area contributed by atoms with Gasteiger partial charge in [-0.25, -0.2) is 14.2 Å². The Morgan fingerprint density at radius 1 is 1.32 bits per heavy atom. The number of rotatable bonds is 8. The minimum Gasteiger partial charge on any atom is -0.481 e. The number of aromatic nitrogens is 1. The Morgan fingerprint density at radius 2 is 2.12 bits per heavy atom. The van der Waals surface area contributed by atoms with Gasteiger partial charge >= 0.3 is 11.9 Å². The van der Waals surface area contributed by atoms with E-state index in [2.05, 4.69) is 20.1 Å². The number of carbonyl (C=O) groups excluding carboxylic acids is 1. The molecule has 2 saturated heterocycles. The first-order valence-electron chi connectivity index (χ1n) is 13.2. The number of carboxylic acids is 1. The average Bonchev–Trinajstić information content (AvgIpc) is 3.60. The molecule has 2 aromatic rings. The van der Waals surface area contributed by atoms with E-state index in [0.29, 0.717) is 72.6 Å². The summed E-state index contributed by atoms with van der Waals surface area (Å²) in [4.78, 5) is 38.7. The number of carboxylic acid groups (broad SMARTS) is 1. The SMILES string of the molecule is COC(=O)C1=C(CN2CCO[C@H]3CN(CC(C)(C)C(=O)O)C[C@H]32)NC(c2nccs2)=N[C@H]1c1cccc(F)c1C. The number of carbonyl (C=O) groups is 2. The lowest BCUT2D eigenvalue weighted by molar-refractivity contribution is -0.148. The van der Waals surface area contributed by atoms with Crippen molar-refractivity contribution in [1.82, 2.24) is 20.1 Å². The summed E-state index contributed by atoms with van der Waals surface area (Å²) in [6, 6.07) is 4.00. The largest absolute Gasteiger partial charge is 0.481 e. The first kappa shape index (κ1) is 28.3. The maximum atomic E-state index is 14.7. The van der Waals surface area contributed by atoms with Crippen LogP contribution in [0.1, 0.15) is 36.0 Å². The summed E-state index contributed by atoms with van der Waals surface area (Å²) in [5.74, 6) is -1.25. The molecular weight excluding hydrogens is 537 g/mol. The summed E-state index contributed by atoms with van der Waals surface area (Å²) >= 11 is 1.42.